The summed E-state index contributed by atoms with van der Waals surface area (Å²) >= 11 is 6.53. The van der Waals surface area contributed by atoms with Crippen LogP contribution in [0.3, 0.4) is 0 Å². The SMILES string of the molecule is Cc1nn(-c2ccccc2)c(Cl)c1C(=O)N(C)Cc1cnn(-c2ccccc2)c1. The van der Waals surface area contributed by atoms with Crippen LogP contribution in [0, 0.1) is 6.92 Å². The largest absolute Gasteiger partial charge is 0.337 e. The topological polar surface area (TPSA) is 56.0 Å². The lowest BCUT2D eigenvalue weighted by Gasteiger charge is -2.16. The number of amides is 1. The smallest absolute Gasteiger partial charge is 0.258 e. The predicted octanol–water partition coefficient (Wildman–Crippen LogP) is 4.29. The van der Waals surface area contributed by atoms with Gasteiger partial charge in [0.15, 0.2) is 0 Å². The number of halogens is 1. The molecule has 2 aromatic carbocycles. The predicted molar refractivity (Wildman–Crippen MR) is 113 cm³/mol. The van der Waals surface area contributed by atoms with Gasteiger partial charge in [-0.2, -0.15) is 10.2 Å². The Labute approximate surface area is 174 Å². The van der Waals surface area contributed by atoms with Gasteiger partial charge in [0.05, 0.1) is 28.8 Å². The van der Waals surface area contributed by atoms with E-state index in [0.717, 1.165) is 16.9 Å². The zero-order valence-electron chi connectivity index (χ0n) is 16.2. The summed E-state index contributed by atoms with van der Waals surface area (Å²) in [5.74, 6) is -0.179. The third-order valence-corrected chi connectivity index (χ3v) is 4.99. The molecular weight excluding hydrogens is 386 g/mol. The maximum Gasteiger partial charge on any atom is 0.258 e. The molecule has 4 aromatic rings. The molecule has 0 aliphatic rings. The maximum atomic E-state index is 13.1. The summed E-state index contributed by atoms with van der Waals surface area (Å²) in [6.07, 6.45) is 3.68. The van der Waals surface area contributed by atoms with E-state index in [9.17, 15) is 4.79 Å². The Bertz CT molecular complexity index is 1130. The first-order valence-electron chi connectivity index (χ1n) is 9.19. The van der Waals surface area contributed by atoms with Crippen molar-refractivity contribution in [3.8, 4) is 11.4 Å². The van der Waals surface area contributed by atoms with Gasteiger partial charge in [-0.1, -0.05) is 48.0 Å². The molecule has 0 saturated carbocycles. The number of hydrogen-bond acceptors (Lipinski definition) is 3. The molecule has 4 rings (SSSR count). The van der Waals surface area contributed by atoms with Gasteiger partial charge in [0.2, 0.25) is 0 Å². The fourth-order valence-electron chi connectivity index (χ4n) is 3.18. The molecule has 1 amide bonds. The zero-order valence-corrected chi connectivity index (χ0v) is 16.9. The monoisotopic (exact) mass is 405 g/mol. The van der Waals surface area contributed by atoms with Gasteiger partial charge >= 0.3 is 0 Å². The molecule has 0 bridgehead atoms. The first-order chi connectivity index (χ1) is 14.0. The fourth-order valence-corrected chi connectivity index (χ4v) is 3.54. The molecule has 0 fully saturated rings. The number of benzene rings is 2. The first kappa shape index (κ1) is 19.0. The molecule has 0 spiro atoms. The van der Waals surface area contributed by atoms with E-state index < -0.39 is 0 Å². The van der Waals surface area contributed by atoms with Crippen molar-refractivity contribution in [3.63, 3.8) is 0 Å². The molecule has 2 aromatic heterocycles. The second kappa shape index (κ2) is 7.93. The zero-order chi connectivity index (χ0) is 20.4. The molecular formula is C22H20ClN5O. The lowest BCUT2D eigenvalue weighted by Crippen LogP contribution is -2.26. The molecule has 0 N–H and O–H groups in total. The van der Waals surface area contributed by atoms with E-state index in [-0.39, 0.29) is 5.91 Å². The maximum absolute atomic E-state index is 13.1. The summed E-state index contributed by atoms with van der Waals surface area (Å²) in [5.41, 5.74) is 3.71. The summed E-state index contributed by atoms with van der Waals surface area (Å²) < 4.78 is 3.38. The van der Waals surface area contributed by atoms with Gasteiger partial charge in [-0.15, -0.1) is 0 Å². The lowest BCUT2D eigenvalue weighted by atomic mass is 10.2. The second-order valence-electron chi connectivity index (χ2n) is 6.79. The van der Waals surface area contributed by atoms with E-state index in [1.807, 2.05) is 66.9 Å². The summed E-state index contributed by atoms with van der Waals surface area (Å²) in [7, 11) is 1.75. The number of aryl methyl sites for hydroxylation is 1. The number of rotatable bonds is 5. The highest BCUT2D eigenvalue weighted by Crippen LogP contribution is 2.25. The summed E-state index contributed by atoms with van der Waals surface area (Å²) in [6.45, 7) is 2.21. The summed E-state index contributed by atoms with van der Waals surface area (Å²) in [6, 6.07) is 19.4. The van der Waals surface area contributed by atoms with Crippen molar-refractivity contribution in [1.82, 2.24) is 24.5 Å². The summed E-state index contributed by atoms with van der Waals surface area (Å²) in [4.78, 5) is 14.7. The molecule has 6 nitrogen and oxygen atoms in total. The Hall–Kier alpha value is -3.38. The molecule has 0 saturated heterocycles. The van der Waals surface area contributed by atoms with Crippen LogP contribution >= 0.6 is 11.6 Å². The molecule has 0 aliphatic heterocycles. The van der Waals surface area contributed by atoms with Crippen molar-refractivity contribution in [2.45, 2.75) is 13.5 Å². The molecule has 0 radical (unpaired) electrons. The van der Waals surface area contributed by atoms with E-state index in [2.05, 4.69) is 10.2 Å². The van der Waals surface area contributed by atoms with Crippen molar-refractivity contribution in [2.75, 3.05) is 7.05 Å². The number of para-hydroxylation sites is 2. The minimum atomic E-state index is -0.179. The number of hydrogen-bond donors (Lipinski definition) is 0. The normalized spacial score (nSPS) is 10.9. The van der Waals surface area contributed by atoms with Gasteiger partial charge in [-0.05, 0) is 31.2 Å². The molecule has 7 heteroatoms. The van der Waals surface area contributed by atoms with Crippen LogP contribution in [0.15, 0.2) is 73.1 Å². The van der Waals surface area contributed by atoms with E-state index in [1.165, 1.54) is 0 Å². The Morgan fingerprint density at radius 1 is 1.03 bits per heavy atom. The van der Waals surface area contributed by atoms with Crippen molar-refractivity contribution < 1.29 is 4.79 Å². The van der Waals surface area contributed by atoms with Crippen molar-refractivity contribution in [1.29, 1.82) is 0 Å². The van der Waals surface area contributed by atoms with Crippen LogP contribution < -0.4 is 0 Å². The van der Waals surface area contributed by atoms with Crippen LogP contribution in [0.1, 0.15) is 21.6 Å². The Kier molecular flexibility index (Phi) is 5.18. The van der Waals surface area contributed by atoms with Gasteiger partial charge in [0.1, 0.15) is 5.15 Å². The third-order valence-electron chi connectivity index (χ3n) is 4.64. The minimum Gasteiger partial charge on any atom is -0.337 e. The van der Waals surface area contributed by atoms with Crippen molar-refractivity contribution in [3.05, 3.63) is 95.0 Å². The number of aromatic nitrogens is 4. The quantitative estimate of drug-likeness (QED) is 0.497. The van der Waals surface area contributed by atoms with Gasteiger partial charge < -0.3 is 4.90 Å². The van der Waals surface area contributed by atoms with Crippen LogP contribution in [-0.4, -0.2) is 37.4 Å². The van der Waals surface area contributed by atoms with E-state index in [0.29, 0.717) is 23.0 Å². The first-order valence-corrected chi connectivity index (χ1v) is 9.57. The summed E-state index contributed by atoms with van der Waals surface area (Å²) in [5, 5.41) is 9.15. The Morgan fingerprint density at radius 2 is 1.66 bits per heavy atom. The highest BCUT2D eigenvalue weighted by Gasteiger charge is 2.24. The number of carbonyl (C=O) groups excluding carboxylic acids is 1. The van der Waals surface area contributed by atoms with Crippen LogP contribution in [0.25, 0.3) is 11.4 Å². The minimum absolute atomic E-state index is 0.179. The molecule has 0 atom stereocenters. The molecule has 29 heavy (non-hydrogen) atoms. The van der Waals surface area contributed by atoms with Gasteiger partial charge in [0, 0.05) is 25.4 Å². The van der Waals surface area contributed by atoms with E-state index >= 15 is 0 Å². The molecule has 2 heterocycles. The van der Waals surface area contributed by atoms with E-state index in [1.54, 1.807) is 34.4 Å². The lowest BCUT2D eigenvalue weighted by molar-refractivity contribution is 0.0784. The van der Waals surface area contributed by atoms with Gasteiger partial charge in [0.25, 0.3) is 5.91 Å². The van der Waals surface area contributed by atoms with Crippen LogP contribution in [-0.2, 0) is 6.54 Å². The fraction of sp³-hybridized carbons (Fsp3) is 0.136. The number of carbonyl (C=O) groups is 1. The highest BCUT2D eigenvalue weighted by atomic mass is 35.5. The van der Waals surface area contributed by atoms with E-state index in [4.69, 9.17) is 11.6 Å². The molecule has 0 aliphatic carbocycles. The van der Waals surface area contributed by atoms with Crippen LogP contribution in [0.4, 0.5) is 0 Å². The second-order valence-corrected chi connectivity index (χ2v) is 7.15. The number of nitrogens with zero attached hydrogens (tertiary/aromatic N) is 5. The average molecular weight is 406 g/mol. The van der Waals surface area contributed by atoms with Crippen molar-refractivity contribution >= 4 is 17.5 Å². The average Bonchev–Trinajstić information content (AvgIpc) is 3.33. The Morgan fingerprint density at radius 3 is 2.31 bits per heavy atom. The molecule has 0 unspecified atom stereocenters. The molecule has 146 valence electrons. The standard InChI is InChI=1S/C22H20ClN5O/c1-16-20(21(23)28(25-16)19-11-7-4-8-12-19)22(29)26(2)14-17-13-24-27(15-17)18-9-5-3-6-10-18/h3-13,15H,14H2,1-2H3. The highest BCUT2D eigenvalue weighted by molar-refractivity contribution is 6.33. The van der Waals surface area contributed by atoms with Crippen LogP contribution in [0.5, 0.6) is 0 Å². The van der Waals surface area contributed by atoms with Gasteiger partial charge in [-0.25, -0.2) is 9.36 Å². The Balaban J connectivity index is 1.55. The third kappa shape index (κ3) is 3.79. The van der Waals surface area contributed by atoms with Crippen LogP contribution in [0.2, 0.25) is 5.15 Å². The van der Waals surface area contributed by atoms with Crippen molar-refractivity contribution in [2.24, 2.45) is 0 Å². The van der Waals surface area contributed by atoms with Gasteiger partial charge in [-0.3, -0.25) is 4.79 Å².